The average Bonchev–Trinajstić information content (AvgIpc) is 3.29. The highest BCUT2D eigenvalue weighted by atomic mass is 16.7. The average molecular weight is 343 g/mol. The predicted molar refractivity (Wildman–Crippen MR) is 89.3 cm³/mol. The molecule has 1 aromatic heterocycles. The molecule has 2 aliphatic heterocycles. The van der Waals surface area contributed by atoms with Crippen LogP contribution in [-0.2, 0) is 4.79 Å². The molecule has 132 valence electrons. The van der Waals surface area contributed by atoms with E-state index < -0.39 is 0 Å². The molecule has 4 rings (SSSR count). The summed E-state index contributed by atoms with van der Waals surface area (Å²) in [7, 11) is 0. The summed E-state index contributed by atoms with van der Waals surface area (Å²) >= 11 is 0. The van der Waals surface area contributed by atoms with Gasteiger partial charge in [0.15, 0.2) is 11.5 Å². The van der Waals surface area contributed by atoms with Crippen molar-refractivity contribution in [2.45, 2.75) is 32.6 Å². The van der Waals surface area contributed by atoms with Crippen molar-refractivity contribution in [3.63, 3.8) is 0 Å². The first-order valence-corrected chi connectivity index (χ1v) is 8.64. The summed E-state index contributed by atoms with van der Waals surface area (Å²) in [6.07, 6.45) is 1.90. The lowest BCUT2D eigenvalue weighted by atomic mass is 9.97. The molecule has 0 spiro atoms. The summed E-state index contributed by atoms with van der Waals surface area (Å²) in [4.78, 5) is 14.1. The Morgan fingerprint density at radius 1 is 1.24 bits per heavy atom. The van der Waals surface area contributed by atoms with Crippen LogP contribution in [0.3, 0.4) is 0 Å². The van der Waals surface area contributed by atoms with Crippen molar-refractivity contribution in [2.75, 3.05) is 19.9 Å². The number of aromatic nitrogens is 2. The van der Waals surface area contributed by atoms with Gasteiger partial charge in [-0.25, -0.2) is 0 Å². The largest absolute Gasteiger partial charge is 0.454 e. The second-order valence-corrected chi connectivity index (χ2v) is 6.79. The molecule has 7 heteroatoms. The van der Waals surface area contributed by atoms with Gasteiger partial charge in [-0.2, -0.15) is 0 Å². The molecule has 25 heavy (non-hydrogen) atoms. The molecular weight excluding hydrogens is 322 g/mol. The van der Waals surface area contributed by atoms with E-state index >= 15 is 0 Å². The SMILES string of the molecule is CC(C)C(=O)N1CCC[C@H](c2nnc(-c3ccc4c(c3)OCO4)o2)C1. The lowest BCUT2D eigenvalue weighted by Gasteiger charge is -2.32. The number of fused-ring (bicyclic) bond motifs is 1. The first-order valence-electron chi connectivity index (χ1n) is 8.64. The Kier molecular flexibility index (Phi) is 4.07. The first kappa shape index (κ1) is 15.9. The molecule has 0 radical (unpaired) electrons. The molecule has 0 N–H and O–H groups in total. The van der Waals surface area contributed by atoms with E-state index in [4.69, 9.17) is 13.9 Å². The summed E-state index contributed by atoms with van der Waals surface area (Å²) in [5, 5.41) is 8.40. The van der Waals surface area contributed by atoms with Crippen LogP contribution >= 0.6 is 0 Å². The van der Waals surface area contributed by atoms with Crippen LogP contribution in [0.4, 0.5) is 0 Å². The van der Waals surface area contributed by atoms with Gasteiger partial charge in [0.05, 0.1) is 5.92 Å². The quantitative estimate of drug-likeness (QED) is 0.853. The number of hydrogen-bond acceptors (Lipinski definition) is 6. The lowest BCUT2D eigenvalue weighted by Crippen LogP contribution is -2.41. The minimum absolute atomic E-state index is 0.00521. The number of nitrogens with zero attached hydrogens (tertiary/aromatic N) is 3. The number of benzene rings is 1. The number of amides is 1. The van der Waals surface area contributed by atoms with Crippen molar-refractivity contribution in [1.29, 1.82) is 0 Å². The van der Waals surface area contributed by atoms with Crippen LogP contribution in [0.1, 0.15) is 38.5 Å². The Hall–Kier alpha value is -2.57. The Balaban J connectivity index is 1.52. The summed E-state index contributed by atoms with van der Waals surface area (Å²) in [5.41, 5.74) is 0.800. The van der Waals surface area contributed by atoms with Crippen molar-refractivity contribution in [1.82, 2.24) is 15.1 Å². The van der Waals surface area contributed by atoms with E-state index in [1.165, 1.54) is 0 Å². The molecule has 0 aliphatic carbocycles. The van der Waals surface area contributed by atoms with Crippen LogP contribution in [0.5, 0.6) is 11.5 Å². The van der Waals surface area contributed by atoms with Gasteiger partial charge in [-0.15, -0.1) is 10.2 Å². The van der Waals surface area contributed by atoms with Crippen LogP contribution in [0.25, 0.3) is 11.5 Å². The van der Waals surface area contributed by atoms with E-state index in [9.17, 15) is 4.79 Å². The van der Waals surface area contributed by atoms with Gasteiger partial charge in [-0.3, -0.25) is 4.79 Å². The second kappa shape index (κ2) is 6.38. The van der Waals surface area contributed by atoms with Gasteiger partial charge >= 0.3 is 0 Å². The smallest absolute Gasteiger partial charge is 0.247 e. The first-order chi connectivity index (χ1) is 12.1. The fraction of sp³-hybridized carbons (Fsp3) is 0.500. The van der Waals surface area contributed by atoms with Gasteiger partial charge < -0.3 is 18.8 Å². The molecule has 7 nitrogen and oxygen atoms in total. The molecule has 3 heterocycles. The molecule has 2 aromatic rings. The maximum absolute atomic E-state index is 12.2. The number of carbonyl (C=O) groups is 1. The third kappa shape index (κ3) is 3.06. The van der Waals surface area contributed by atoms with Gasteiger partial charge in [0.1, 0.15) is 0 Å². The normalized spacial score (nSPS) is 19.5. The van der Waals surface area contributed by atoms with E-state index in [1.807, 2.05) is 36.9 Å². The van der Waals surface area contributed by atoms with Crippen molar-refractivity contribution < 1.29 is 18.7 Å². The fourth-order valence-corrected chi connectivity index (χ4v) is 3.29. The van der Waals surface area contributed by atoms with Crippen LogP contribution < -0.4 is 9.47 Å². The van der Waals surface area contributed by atoms with Gasteiger partial charge in [0, 0.05) is 24.6 Å². The molecular formula is C18H21N3O4. The Morgan fingerprint density at radius 3 is 2.92 bits per heavy atom. The van der Waals surface area contributed by atoms with E-state index in [0.717, 1.165) is 30.7 Å². The highest BCUT2D eigenvalue weighted by Gasteiger charge is 2.29. The molecule has 1 aromatic carbocycles. The molecule has 0 bridgehead atoms. The summed E-state index contributed by atoms with van der Waals surface area (Å²) in [6.45, 7) is 5.53. The van der Waals surface area contributed by atoms with Crippen molar-refractivity contribution in [2.24, 2.45) is 5.92 Å². The monoisotopic (exact) mass is 343 g/mol. The van der Waals surface area contributed by atoms with Gasteiger partial charge in [-0.05, 0) is 31.0 Å². The fourth-order valence-electron chi connectivity index (χ4n) is 3.29. The van der Waals surface area contributed by atoms with Crippen molar-refractivity contribution in [3.05, 3.63) is 24.1 Å². The molecule has 1 fully saturated rings. The number of ether oxygens (including phenoxy) is 2. The summed E-state index contributed by atoms with van der Waals surface area (Å²) < 4.78 is 16.6. The Morgan fingerprint density at radius 2 is 2.08 bits per heavy atom. The van der Waals surface area contributed by atoms with Crippen molar-refractivity contribution >= 4 is 5.91 Å². The minimum Gasteiger partial charge on any atom is -0.454 e. The molecule has 1 atom stereocenters. The highest BCUT2D eigenvalue weighted by molar-refractivity contribution is 5.78. The highest BCUT2D eigenvalue weighted by Crippen LogP contribution is 2.36. The third-order valence-corrected chi connectivity index (χ3v) is 4.64. The zero-order valence-corrected chi connectivity index (χ0v) is 14.4. The van der Waals surface area contributed by atoms with E-state index in [1.54, 1.807) is 0 Å². The van der Waals surface area contributed by atoms with Gasteiger partial charge in [-0.1, -0.05) is 13.8 Å². The predicted octanol–water partition coefficient (Wildman–Crippen LogP) is 2.83. The zero-order chi connectivity index (χ0) is 17.4. The van der Waals surface area contributed by atoms with Crippen LogP contribution in [0, 0.1) is 5.92 Å². The lowest BCUT2D eigenvalue weighted by molar-refractivity contribution is -0.135. The second-order valence-electron chi connectivity index (χ2n) is 6.79. The van der Waals surface area contributed by atoms with E-state index in [2.05, 4.69) is 10.2 Å². The number of rotatable bonds is 3. The molecule has 2 aliphatic rings. The van der Waals surface area contributed by atoms with Crippen LogP contribution in [-0.4, -0.2) is 40.9 Å². The summed E-state index contributed by atoms with van der Waals surface area (Å²) in [5.74, 6) is 2.73. The molecule has 0 saturated carbocycles. The maximum atomic E-state index is 12.2. The number of likely N-dealkylation sites (tertiary alicyclic amines) is 1. The Labute approximate surface area is 145 Å². The molecule has 1 saturated heterocycles. The maximum Gasteiger partial charge on any atom is 0.247 e. The summed E-state index contributed by atoms with van der Waals surface area (Å²) in [6, 6.07) is 5.56. The van der Waals surface area contributed by atoms with E-state index in [0.29, 0.717) is 24.1 Å². The van der Waals surface area contributed by atoms with Gasteiger partial charge in [0.25, 0.3) is 0 Å². The molecule has 0 unspecified atom stereocenters. The standard InChI is InChI=1S/C18H21N3O4/c1-11(2)18(22)21-7-3-4-13(9-21)17-20-19-16(25-17)12-5-6-14-15(8-12)24-10-23-14/h5-6,8,11,13H,3-4,7,9-10H2,1-2H3/t13-/m0/s1. The number of carbonyl (C=O) groups excluding carboxylic acids is 1. The van der Waals surface area contributed by atoms with Crippen LogP contribution in [0.15, 0.2) is 22.6 Å². The zero-order valence-electron chi connectivity index (χ0n) is 14.4. The van der Waals surface area contributed by atoms with Crippen molar-refractivity contribution in [3.8, 4) is 23.0 Å². The third-order valence-electron chi connectivity index (χ3n) is 4.64. The Bertz CT molecular complexity index is 786. The number of hydrogen-bond donors (Lipinski definition) is 0. The topological polar surface area (TPSA) is 77.7 Å². The number of piperidine rings is 1. The van der Waals surface area contributed by atoms with Gasteiger partial charge in [0.2, 0.25) is 24.5 Å². The van der Waals surface area contributed by atoms with E-state index in [-0.39, 0.29) is 24.5 Å². The minimum atomic E-state index is 0.00521. The van der Waals surface area contributed by atoms with Crippen LogP contribution in [0.2, 0.25) is 0 Å². The molecule has 1 amide bonds.